The van der Waals surface area contributed by atoms with Crippen molar-refractivity contribution < 1.29 is 14.0 Å². The first-order chi connectivity index (χ1) is 16.6. The molecule has 10 nitrogen and oxygen atoms in total. The summed E-state index contributed by atoms with van der Waals surface area (Å²) in [6.07, 6.45) is 0.744. The number of fused-ring (bicyclic) bond motifs is 3. The molecule has 11 heteroatoms. The normalized spacial score (nSPS) is 12.1. The van der Waals surface area contributed by atoms with Crippen molar-refractivity contribution in [2.75, 3.05) is 5.32 Å². The van der Waals surface area contributed by atoms with Gasteiger partial charge in [0.2, 0.25) is 11.7 Å². The second kappa shape index (κ2) is 9.16. The van der Waals surface area contributed by atoms with Crippen LogP contribution in [0.4, 0.5) is 10.1 Å². The Balaban J connectivity index is 1.75. The van der Waals surface area contributed by atoms with E-state index < -0.39 is 29.5 Å². The molecule has 35 heavy (non-hydrogen) atoms. The molecule has 0 spiro atoms. The summed E-state index contributed by atoms with van der Waals surface area (Å²) in [5, 5.41) is 9.77. The van der Waals surface area contributed by atoms with E-state index in [1.165, 1.54) is 46.3 Å². The molecular weight excluding hydrogens is 455 g/mol. The standard InChI is InChI=1S/C24H25FN6O4/c1-5-14(3)26-21(33)15-7-9-17-19(10-15)31-23(29(4)22(17)34)28-30(24(31)35)12-20(32)27-16-8-6-13(2)18(25)11-16/h6-11,14H,5,12H2,1-4H3,(H,26,33)(H,27,32). The lowest BCUT2D eigenvalue weighted by molar-refractivity contribution is -0.117. The Bertz CT molecular complexity index is 1600. The molecular formula is C24H25FN6O4. The Morgan fingerprint density at radius 2 is 1.89 bits per heavy atom. The van der Waals surface area contributed by atoms with Crippen molar-refractivity contribution in [3.8, 4) is 0 Å². The Hall–Kier alpha value is -4.28. The van der Waals surface area contributed by atoms with Gasteiger partial charge in [-0.05, 0) is 56.2 Å². The Kier molecular flexibility index (Phi) is 6.25. The molecule has 0 bridgehead atoms. The number of nitrogens with zero attached hydrogens (tertiary/aromatic N) is 4. The number of halogens is 1. The van der Waals surface area contributed by atoms with E-state index in [0.29, 0.717) is 5.56 Å². The van der Waals surface area contributed by atoms with Gasteiger partial charge in [0.15, 0.2) is 0 Å². The van der Waals surface area contributed by atoms with Crippen molar-refractivity contribution in [1.82, 2.24) is 24.1 Å². The van der Waals surface area contributed by atoms with Gasteiger partial charge in [0.25, 0.3) is 11.5 Å². The minimum Gasteiger partial charge on any atom is -0.350 e. The van der Waals surface area contributed by atoms with Gasteiger partial charge in [-0.15, -0.1) is 5.10 Å². The molecule has 2 N–H and O–H groups in total. The van der Waals surface area contributed by atoms with E-state index in [4.69, 9.17) is 0 Å². The maximum Gasteiger partial charge on any atom is 0.352 e. The highest BCUT2D eigenvalue weighted by molar-refractivity contribution is 5.98. The maximum absolute atomic E-state index is 13.8. The highest BCUT2D eigenvalue weighted by Gasteiger charge is 2.19. The molecule has 0 radical (unpaired) electrons. The first kappa shape index (κ1) is 23.9. The van der Waals surface area contributed by atoms with Gasteiger partial charge in [0.05, 0.1) is 10.9 Å². The quantitative estimate of drug-likeness (QED) is 0.437. The van der Waals surface area contributed by atoms with Gasteiger partial charge >= 0.3 is 5.69 Å². The van der Waals surface area contributed by atoms with Crippen molar-refractivity contribution in [3.63, 3.8) is 0 Å². The van der Waals surface area contributed by atoms with Gasteiger partial charge in [0, 0.05) is 24.3 Å². The lowest BCUT2D eigenvalue weighted by Crippen LogP contribution is -2.32. The van der Waals surface area contributed by atoms with Crippen LogP contribution in [0.25, 0.3) is 16.7 Å². The first-order valence-corrected chi connectivity index (χ1v) is 11.1. The SMILES string of the molecule is CCC(C)NC(=O)c1ccc2c(=O)n(C)c3nn(CC(=O)Nc4ccc(C)c(F)c4)c(=O)n3c2c1. The number of aryl methyl sites for hydroxylation is 2. The molecule has 4 aromatic rings. The van der Waals surface area contributed by atoms with Crippen LogP contribution in [0.5, 0.6) is 0 Å². The maximum atomic E-state index is 13.8. The van der Waals surface area contributed by atoms with Crippen LogP contribution >= 0.6 is 0 Å². The van der Waals surface area contributed by atoms with Crippen LogP contribution in [0.15, 0.2) is 46.0 Å². The summed E-state index contributed by atoms with van der Waals surface area (Å²) in [5.41, 5.74) is 0.0982. The van der Waals surface area contributed by atoms with Crippen molar-refractivity contribution in [2.24, 2.45) is 7.05 Å². The summed E-state index contributed by atoms with van der Waals surface area (Å²) < 4.78 is 17.1. The molecule has 0 aliphatic rings. The number of nitrogens with one attached hydrogen (secondary N) is 2. The van der Waals surface area contributed by atoms with E-state index in [0.717, 1.165) is 11.1 Å². The van der Waals surface area contributed by atoms with Crippen LogP contribution in [-0.4, -0.2) is 36.6 Å². The third-order valence-electron chi connectivity index (χ3n) is 5.90. The lowest BCUT2D eigenvalue weighted by atomic mass is 10.1. The van der Waals surface area contributed by atoms with Gasteiger partial charge in [-0.2, -0.15) is 0 Å². The van der Waals surface area contributed by atoms with Crippen molar-refractivity contribution >= 4 is 34.2 Å². The highest BCUT2D eigenvalue weighted by Crippen LogP contribution is 2.15. The van der Waals surface area contributed by atoms with E-state index >= 15 is 0 Å². The van der Waals surface area contributed by atoms with Crippen LogP contribution in [0.3, 0.4) is 0 Å². The average Bonchev–Trinajstić information content (AvgIpc) is 3.15. The Morgan fingerprint density at radius 1 is 1.14 bits per heavy atom. The number of carbonyl (C=O) groups is 2. The molecule has 0 aliphatic carbocycles. The van der Waals surface area contributed by atoms with Crippen LogP contribution in [-0.2, 0) is 18.4 Å². The van der Waals surface area contributed by atoms with Gasteiger partial charge in [-0.3, -0.25) is 19.0 Å². The summed E-state index contributed by atoms with van der Waals surface area (Å²) >= 11 is 0. The van der Waals surface area contributed by atoms with Crippen LogP contribution in [0.1, 0.15) is 36.2 Å². The van der Waals surface area contributed by atoms with Crippen molar-refractivity contribution in [2.45, 2.75) is 39.8 Å². The summed E-state index contributed by atoms with van der Waals surface area (Å²) in [7, 11) is 1.46. The zero-order chi connectivity index (χ0) is 25.4. The Labute approximate surface area is 199 Å². The zero-order valence-electron chi connectivity index (χ0n) is 19.8. The molecule has 2 amide bonds. The molecule has 2 heterocycles. The lowest BCUT2D eigenvalue weighted by Gasteiger charge is -2.12. The number of amides is 2. The van der Waals surface area contributed by atoms with Gasteiger partial charge in [-0.1, -0.05) is 13.0 Å². The third-order valence-corrected chi connectivity index (χ3v) is 5.90. The number of hydrogen-bond acceptors (Lipinski definition) is 5. The summed E-state index contributed by atoms with van der Waals surface area (Å²) in [4.78, 5) is 51.2. The number of benzene rings is 2. The molecule has 0 saturated carbocycles. The van der Waals surface area contributed by atoms with E-state index in [1.807, 2.05) is 13.8 Å². The number of aromatic nitrogens is 4. The summed E-state index contributed by atoms with van der Waals surface area (Å²) in [6.45, 7) is 4.96. The van der Waals surface area contributed by atoms with Gasteiger partial charge in [0.1, 0.15) is 12.4 Å². The fourth-order valence-electron chi connectivity index (χ4n) is 3.65. The molecule has 2 aromatic heterocycles. The predicted molar refractivity (Wildman–Crippen MR) is 129 cm³/mol. The van der Waals surface area contributed by atoms with E-state index in [2.05, 4.69) is 15.7 Å². The fraction of sp³-hybridized carbons (Fsp3) is 0.292. The molecule has 0 aliphatic heterocycles. The molecule has 1 unspecified atom stereocenters. The molecule has 0 fully saturated rings. The molecule has 1 atom stereocenters. The highest BCUT2D eigenvalue weighted by atomic mass is 19.1. The minimum atomic E-state index is -0.662. The molecule has 0 saturated heterocycles. The number of carbonyl (C=O) groups excluding carboxylic acids is 2. The summed E-state index contributed by atoms with van der Waals surface area (Å²) in [5.74, 6) is -1.38. The number of hydrogen-bond donors (Lipinski definition) is 2. The van der Waals surface area contributed by atoms with Crippen LogP contribution < -0.4 is 21.9 Å². The van der Waals surface area contributed by atoms with E-state index in [-0.39, 0.29) is 39.9 Å². The van der Waals surface area contributed by atoms with E-state index in [1.54, 1.807) is 13.0 Å². The Morgan fingerprint density at radius 3 is 2.57 bits per heavy atom. The number of anilines is 1. The smallest absolute Gasteiger partial charge is 0.350 e. The second-order valence-corrected chi connectivity index (χ2v) is 8.47. The molecule has 4 rings (SSSR count). The summed E-state index contributed by atoms with van der Waals surface area (Å²) in [6, 6.07) is 8.69. The minimum absolute atomic E-state index is 0.0150. The third kappa shape index (κ3) is 4.44. The second-order valence-electron chi connectivity index (χ2n) is 8.47. The molecule has 2 aromatic carbocycles. The molecule has 182 valence electrons. The first-order valence-electron chi connectivity index (χ1n) is 11.1. The fourth-order valence-corrected chi connectivity index (χ4v) is 3.65. The van der Waals surface area contributed by atoms with Gasteiger partial charge in [-0.25, -0.2) is 18.3 Å². The average molecular weight is 481 g/mol. The van der Waals surface area contributed by atoms with Crippen molar-refractivity contribution in [1.29, 1.82) is 0 Å². The monoisotopic (exact) mass is 480 g/mol. The van der Waals surface area contributed by atoms with E-state index in [9.17, 15) is 23.6 Å². The van der Waals surface area contributed by atoms with Crippen LogP contribution in [0.2, 0.25) is 0 Å². The largest absolute Gasteiger partial charge is 0.352 e. The van der Waals surface area contributed by atoms with Crippen LogP contribution in [0, 0.1) is 12.7 Å². The predicted octanol–water partition coefficient (Wildman–Crippen LogP) is 1.96. The number of rotatable bonds is 6. The van der Waals surface area contributed by atoms with Gasteiger partial charge < -0.3 is 10.6 Å². The topological polar surface area (TPSA) is 120 Å². The zero-order valence-corrected chi connectivity index (χ0v) is 19.8. The van der Waals surface area contributed by atoms with Crippen molar-refractivity contribution in [3.05, 3.63) is 74.2 Å².